The number of thiazole rings is 2. The molecule has 112 valence electrons. The van der Waals surface area contributed by atoms with Crippen molar-refractivity contribution in [3.63, 3.8) is 0 Å². The Morgan fingerprint density at radius 1 is 0.696 bits per heavy atom. The summed E-state index contributed by atoms with van der Waals surface area (Å²) in [6.45, 7) is 0. The summed E-state index contributed by atoms with van der Waals surface area (Å²) in [7, 11) is 0. The van der Waals surface area contributed by atoms with Crippen LogP contribution < -0.4 is 0 Å². The first kappa shape index (κ1) is 14.6. The highest BCUT2D eigenvalue weighted by Crippen LogP contribution is 2.33. The minimum absolute atomic E-state index is 1.06. The Bertz CT molecular complexity index is 824. The molecule has 0 radical (unpaired) electrons. The van der Waals surface area contributed by atoms with Gasteiger partial charge in [0.2, 0.25) is 0 Å². The highest BCUT2D eigenvalue weighted by Gasteiger charge is 2.05. The van der Waals surface area contributed by atoms with Gasteiger partial charge in [-0.15, -0.1) is 22.7 Å². The van der Waals surface area contributed by atoms with E-state index in [2.05, 4.69) is 58.5 Å². The first-order valence-corrected chi connectivity index (χ1v) is 9.64. The maximum absolute atomic E-state index is 4.38. The van der Waals surface area contributed by atoms with Gasteiger partial charge in [0.15, 0.2) is 0 Å². The fourth-order valence-corrected chi connectivity index (χ4v) is 4.46. The number of benzene rings is 2. The van der Waals surface area contributed by atoms with Gasteiger partial charge in [0.05, 0.1) is 0 Å². The van der Waals surface area contributed by atoms with Crippen LogP contribution in [0.15, 0.2) is 81.5 Å². The summed E-state index contributed by atoms with van der Waals surface area (Å²) >= 11 is 5.09. The second-order valence-electron chi connectivity index (χ2n) is 4.83. The van der Waals surface area contributed by atoms with E-state index in [0.29, 0.717) is 0 Å². The molecule has 4 aromatic rings. The van der Waals surface area contributed by atoms with Crippen LogP contribution in [0.3, 0.4) is 0 Å². The molecule has 2 nitrogen and oxygen atoms in total. The summed E-state index contributed by atoms with van der Waals surface area (Å²) in [5, 5.41) is 6.13. The topological polar surface area (TPSA) is 25.8 Å². The Kier molecular flexibility index (Phi) is 4.24. The van der Waals surface area contributed by atoms with E-state index >= 15 is 0 Å². The molecule has 0 amide bonds. The monoisotopic (exact) mass is 352 g/mol. The predicted octanol–water partition coefficient (Wildman–Crippen LogP) is 6.08. The number of hydrogen-bond acceptors (Lipinski definition) is 5. The van der Waals surface area contributed by atoms with Gasteiger partial charge in [-0.05, 0) is 24.3 Å². The van der Waals surface area contributed by atoms with E-state index in [0.717, 1.165) is 10.0 Å². The molecule has 0 unspecified atom stereocenters. The number of rotatable bonds is 4. The van der Waals surface area contributed by atoms with Gasteiger partial charge in [0, 0.05) is 44.1 Å². The zero-order valence-corrected chi connectivity index (χ0v) is 14.5. The predicted molar refractivity (Wildman–Crippen MR) is 99.2 cm³/mol. The van der Waals surface area contributed by atoms with Crippen molar-refractivity contribution in [2.24, 2.45) is 0 Å². The molecule has 2 aromatic heterocycles. The van der Waals surface area contributed by atoms with E-state index in [-0.39, 0.29) is 0 Å². The summed E-state index contributed by atoms with van der Waals surface area (Å²) in [6, 6.07) is 17.0. The molecule has 0 atom stereocenters. The number of nitrogens with zero attached hydrogens (tertiary/aromatic N) is 2. The van der Waals surface area contributed by atoms with E-state index < -0.39 is 0 Å². The van der Waals surface area contributed by atoms with Crippen molar-refractivity contribution in [1.82, 2.24) is 9.97 Å². The normalized spacial score (nSPS) is 10.8. The van der Waals surface area contributed by atoms with Crippen molar-refractivity contribution in [3.8, 4) is 21.1 Å². The molecule has 4 rings (SSSR count). The van der Waals surface area contributed by atoms with Gasteiger partial charge in [-0.25, -0.2) is 9.97 Å². The van der Waals surface area contributed by atoms with Crippen LogP contribution in [-0.4, -0.2) is 9.97 Å². The first-order chi connectivity index (χ1) is 11.4. The molecule has 0 saturated carbocycles. The molecule has 0 aliphatic carbocycles. The molecule has 23 heavy (non-hydrogen) atoms. The van der Waals surface area contributed by atoms with Crippen LogP contribution in [0.25, 0.3) is 21.1 Å². The maximum atomic E-state index is 4.38. The molecule has 2 aromatic carbocycles. The van der Waals surface area contributed by atoms with Crippen molar-refractivity contribution < 1.29 is 0 Å². The van der Waals surface area contributed by atoms with Crippen LogP contribution in [0, 0.1) is 0 Å². The standard InChI is InChI=1S/C18H12N2S3/c1-3-13(17-19-7-9-21-17)11-15(5-1)23-16-6-2-4-14(12-16)18-20-8-10-22-18/h1-12H. The summed E-state index contributed by atoms with van der Waals surface area (Å²) in [4.78, 5) is 11.2. The molecule has 0 aliphatic heterocycles. The Morgan fingerprint density at radius 3 is 1.65 bits per heavy atom. The molecule has 0 spiro atoms. The van der Waals surface area contributed by atoms with Crippen LogP contribution in [0.2, 0.25) is 0 Å². The lowest BCUT2D eigenvalue weighted by molar-refractivity contribution is 1.36. The molecular weight excluding hydrogens is 340 g/mol. The van der Waals surface area contributed by atoms with Gasteiger partial charge in [0.25, 0.3) is 0 Å². The van der Waals surface area contributed by atoms with Crippen LogP contribution in [0.1, 0.15) is 0 Å². The number of hydrogen-bond donors (Lipinski definition) is 0. The SMILES string of the molecule is c1cc(Sc2cccc(-c3nccs3)c2)cc(-c2nccs2)c1. The van der Waals surface area contributed by atoms with E-state index in [9.17, 15) is 0 Å². The Morgan fingerprint density at radius 2 is 1.22 bits per heavy atom. The fourth-order valence-electron chi connectivity index (χ4n) is 2.25. The van der Waals surface area contributed by atoms with E-state index in [4.69, 9.17) is 0 Å². The largest absolute Gasteiger partial charge is 0.245 e. The summed E-state index contributed by atoms with van der Waals surface area (Å²) in [6.07, 6.45) is 3.69. The smallest absolute Gasteiger partial charge is 0.123 e. The van der Waals surface area contributed by atoms with Crippen LogP contribution in [0.4, 0.5) is 0 Å². The second kappa shape index (κ2) is 6.66. The second-order valence-corrected chi connectivity index (χ2v) is 7.77. The lowest BCUT2D eigenvalue weighted by atomic mass is 10.2. The minimum Gasteiger partial charge on any atom is -0.245 e. The highest BCUT2D eigenvalue weighted by atomic mass is 32.2. The molecule has 0 aliphatic rings. The molecule has 0 fully saturated rings. The van der Waals surface area contributed by atoms with Gasteiger partial charge in [-0.1, -0.05) is 36.0 Å². The molecule has 0 N–H and O–H groups in total. The Labute approximate surface area is 146 Å². The minimum atomic E-state index is 1.06. The first-order valence-electron chi connectivity index (χ1n) is 7.06. The lowest BCUT2D eigenvalue weighted by Crippen LogP contribution is -1.80. The third-order valence-electron chi connectivity index (χ3n) is 3.26. The molecular formula is C18H12N2S3. The summed E-state index contributed by atoms with van der Waals surface area (Å²) in [5.74, 6) is 0. The van der Waals surface area contributed by atoms with E-state index in [1.54, 1.807) is 34.4 Å². The molecule has 0 saturated heterocycles. The zero-order valence-electron chi connectivity index (χ0n) is 12.0. The van der Waals surface area contributed by atoms with Gasteiger partial charge >= 0.3 is 0 Å². The summed E-state index contributed by atoms with van der Waals surface area (Å²) < 4.78 is 0. The quantitative estimate of drug-likeness (QED) is 0.445. The van der Waals surface area contributed by atoms with Crippen LogP contribution in [-0.2, 0) is 0 Å². The maximum Gasteiger partial charge on any atom is 0.123 e. The van der Waals surface area contributed by atoms with Crippen LogP contribution >= 0.6 is 34.4 Å². The zero-order chi connectivity index (χ0) is 15.5. The Balaban J connectivity index is 1.61. The average molecular weight is 353 g/mol. The average Bonchev–Trinajstić information content (AvgIpc) is 3.29. The van der Waals surface area contributed by atoms with Gasteiger partial charge in [0.1, 0.15) is 10.0 Å². The van der Waals surface area contributed by atoms with Crippen LogP contribution in [0.5, 0.6) is 0 Å². The number of aromatic nitrogens is 2. The van der Waals surface area contributed by atoms with Crippen molar-refractivity contribution >= 4 is 34.4 Å². The van der Waals surface area contributed by atoms with Gasteiger partial charge in [-0.2, -0.15) is 0 Å². The van der Waals surface area contributed by atoms with Gasteiger partial charge in [-0.3, -0.25) is 0 Å². The highest BCUT2D eigenvalue weighted by molar-refractivity contribution is 7.99. The molecule has 0 bridgehead atoms. The Hall–Kier alpha value is -1.95. The lowest BCUT2D eigenvalue weighted by Gasteiger charge is -2.05. The molecule has 5 heteroatoms. The van der Waals surface area contributed by atoms with E-state index in [1.807, 2.05) is 23.2 Å². The summed E-state index contributed by atoms with van der Waals surface area (Å²) in [5.41, 5.74) is 2.34. The third-order valence-corrected chi connectivity index (χ3v) is 5.89. The van der Waals surface area contributed by atoms with Gasteiger partial charge < -0.3 is 0 Å². The van der Waals surface area contributed by atoms with Crippen molar-refractivity contribution in [1.29, 1.82) is 0 Å². The fraction of sp³-hybridized carbons (Fsp3) is 0. The van der Waals surface area contributed by atoms with Crippen molar-refractivity contribution in [2.75, 3.05) is 0 Å². The van der Waals surface area contributed by atoms with Crippen molar-refractivity contribution in [2.45, 2.75) is 9.79 Å². The third kappa shape index (κ3) is 3.37. The van der Waals surface area contributed by atoms with Crippen molar-refractivity contribution in [3.05, 3.63) is 71.7 Å². The van der Waals surface area contributed by atoms with E-state index in [1.165, 1.54) is 20.9 Å². The molecule has 2 heterocycles.